The van der Waals surface area contributed by atoms with E-state index in [0.717, 1.165) is 17.1 Å². The van der Waals surface area contributed by atoms with Crippen LogP contribution in [0.2, 0.25) is 0 Å². The summed E-state index contributed by atoms with van der Waals surface area (Å²) in [7, 11) is 1.71. The third kappa shape index (κ3) is 3.12. The molecule has 0 amide bonds. The third-order valence-corrected chi connectivity index (χ3v) is 4.35. The van der Waals surface area contributed by atoms with Crippen LogP contribution in [0.3, 0.4) is 0 Å². The quantitative estimate of drug-likeness (QED) is 0.748. The Balaban J connectivity index is 1.86. The highest BCUT2D eigenvalue weighted by Crippen LogP contribution is 2.28. The Bertz CT molecular complexity index is 825. The Hall–Kier alpha value is -2.40. The molecule has 0 radical (unpaired) electrons. The van der Waals surface area contributed by atoms with Gasteiger partial charge in [0.15, 0.2) is 0 Å². The molecule has 0 aliphatic rings. The van der Waals surface area contributed by atoms with Crippen molar-refractivity contribution in [2.45, 2.75) is 39.4 Å². The van der Waals surface area contributed by atoms with E-state index in [-0.39, 0.29) is 6.04 Å². The number of fused-ring (bicyclic) bond motifs is 1. The number of benzene rings is 2. The molecule has 0 bridgehead atoms. The molecular formula is C19H24N4O. The lowest BCUT2D eigenvalue weighted by Crippen LogP contribution is -2.22. The first-order valence-corrected chi connectivity index (χ1v) is 8.29. The van der Waals surface area contributed by atoms with Crippen molar-refractivity contribution in [1.82, 2.24) is 20.1 Å². The molecule has 5 nitrogen and oxygen atoms in total. The fraction of sp³-hybridized carbons (Fsp3) is 0.368. The molecule has 5 heteroatoms. The molecule has 0 fully saturated rings. The van der Waals surface area contributed by atoms with E-state index in [1.54, 1.807) is 13.4 Å². The van der Waals surface area contributed by atoms with Gasteiger partial charge in [-0.2, -0.15) is 0 Å². The molecule has 3 rings (SSSR count). The van der Waals surface area contributed by atoms with Crippen LogP contribution < -0.4 is 10.1 Å². The van der Waals surface area contributed by atoms with Crippen LogP contribution in [0.4, 0.5) is 0 Å². The zero-order valence-electron chi connectivity index (χ0n) is 14.7. The summed E-state index contributed by atoms with van der Waals surface area (Å²) < 4.78 is 7.66. The first kappa shape index (κ1) is 16.5. The standard InChI is InChI=1S/C19H24N4O/c1-13(2)23-12-21-22-19(23)14(3)20-11-17-16-8-6-5-7-15(16)9-10-18(17)24-4/h5-10,12-14,20H,11H2,1-4H3. The van der Waals surface area contributed by atoms with E-state index >= 15 is 0 Å². The molecule has 3 aromatic rings. The first-order valence-electron chi connectivity index (χ1n) is 8.29. The van der Waals surface area contributed by atoms with Crippen molar-refractivity contribution >= 4 is 10.8 Å². The summed E-state index contributed by atoms with van der Waals surface area (Å²) >= 11 is 0. The van der Waals surface area contributed by atoms with Gasteiger partial charge in [0, 0.05) is 18.2 Å². The highest BCUT2D eigenvalue weighted by Gasteiger charge is 2.16. The Morgan fingerprint density at radius 3 is 2.67 bits per heavy atom. The maximum Gasteiger partial charge on any atom is 0.149 e. The van der Waals surface area contributed by atoms with Crippen molar-refractivity contribution in [2.24, 2.45) is 0 Å². The summed E-state index contributed by atoms with van der Waals surface area (Å²) in [6.45, 7) is 7.08. The van der Waals surface area contributed by atoms with Gasteiger partial charge in [0.2, 0.25) is 0 Å². The van der Waals surface area contributed by atoms with Crippen molar-refractivity contribution in [3.05, 3.63) is 54.1 Å². The van der Waals surface area contributed by atoms with Crippen LogP contribution in [0.15, 0.2) is 42.7 Å². The number of ether oxygens (including phenoxy) is 1. The first-order chi connectivity index (χ1) is 11.6. The number of nitrogens with one attached hydrogen (secondary N) is 1. The number of hydrogen-bond donors (Lipinski definition) is 1. The van der Waals surface area contributed by atoms with Gasteiger partial charge in [-0.15, -0.1) is 10.2 Å². The van der Waals surface area contributed by atoms with E-state index in [9.17, 15) is 0 Å². The van der Waals surface area contributed by atoms with Crippen LogP contribution in [-0.4, -0.2) is 21.9 Å². The van der Waals surface area contributed by atoms with E-state index in [1.807, 2.05) is 6.07 Å². The average molecular weight is 324 g/mol. The average Bonchev–Trinajstić information content (AvgIpc) is 3.09. The van der Waals surface area contributed by atoms with Gasteiger partial charge >= 0.3 is 0 Å². The van der Waals surface area contributed by atoms with E-state index in [4.69, 9.17) is 4.74 Å². The number of aromatic nitrogens is 3. The maximum absolute atomic E-state index is 5.57. The zero-order valence-corrected chi connectivity index (χ0v) is 14.7. The summed E-state index contributed by atoms with van der Waals surface area (Å²) in [5, 5.41) is 14.3. The molecular weight excluding hydrogens is 300 g/mol. The van der Waals surface area contributed by atoms with Crippen LogP contribution in [0, 0.1) is 0 Å². The van der Waals surface area contributed by atoms with Crippen molar-refractivity contribution in [3.63, 3.8) is 0 Å². The van der Waals surface area contributed by atoms with Crippen LogP contribution in [0.25, 0.3) is 10.8 Å². The van der Waals surface area contributed by atoms with Crippen molar-refractivity contribution in [2.75, 3.05) is 7.11 Å². The van der Waals surface area contributed by atoms with Crippen molar-refractivity contribution in [1.29, 1.82) is 0 Å². The van der Waals surface area contributed by atoms with Crippen LogP contribution >= 0.6 is 0 Å². The molecule has 1 atom stereocenters. The molecule has 1 aromatic heterocycles. The number of hydrogen-bond acceptors (Lipinski definition) is 4. The van der Waals surface area contributed by atoms with Gasteiger partial charge < -0.3 is 14.6 Å². The van der Waals surface area contributed by atoms with Crippen molar-refractivity contribution in [3.8, 4) is 5.75 Å². The van der Waals surface area contributed by atoms with E-state index in [2.05, 4.69) is 71.2 Å². The second-order valence-corrected chi connectivity index (χ2v) is 6.26. The molecule has 1 heterocycles. The predicted molar refractivity (Wildman–Crippen MR) is 96.2 cm³/mol. The summed E-state index contributed by atoms with van der Waals surface area (Å²) in [6.07, 6.45) is 1.79. The summed E-state index contributed by atoms with van der Waals surface area (Å²) in [5.41, 5.74) is 1.16. The molecule has 1 unspecified atom stereocenters. The maximum atomic E-state index is 5.57. The third-order valence-electron chi connectivity index (χ3n) is 4.35. The molecule has 0 aliphatic heterocycles. The molecule has 126 valence electrons. The minimum Gasteiger partial charge on any atom is -0.496 e. The van der Waals surface area contributed by atoms with Crippen LogP contribution in [-0.2, 0) is 6.54 Å². The van der Waals surface area contributed by atoms with Gasteiger partial charge in [0.1, 0.15) is 17.9 Å². The minimum absolute atomic E-state index is 0.0959. The van der Waals surface area contributed by atoms with Gasteiger partial charge in [-0.1, -0.05) is 30.3 Å². The zero-order chi connectivity index (χ0) is 17.1. The molecule has 0 saturated heterocycles. The second-order valence-electron chi connectivity index (χ2n) is 6.26. The van der Waals surface area contributed by atoms with Gasteiger partial charge in [-0.05, 0) is 37.6 Å². The SMILES string of the molecule is COc1ccc2ccccc2c1CNC(C)c1nncn1C(C)C. The highest BCUT2D eigenvalue weighted by molar-refractivity contribution is 5.87. The van der Waals surface area contributed by atoms with E-state index in [1.165, 1.54) is 10.8 Å². The molecule has 0 saturated carbocycles. The van der Waals surface area contributed by atoms with Gasteiger partial charge in [0.05, 0.1) is 13.2 Å². The van der Waals surface area contributed by atoms with E-state index in [0.29, 0.717) is 12.6 Å². The number of nitrogens with zero attached hydrogens (tertiary/aromatic N) is 3. The van der Waals surface area contributed by atoms with E-state index < -0.39 is 0 Å². The molecule has 24 heavy (non-hydrogen) atoms. The van der Waals surface area contributed by atoms with Gasteiger partial charge in [-0.25, -0.2) is 0 Å². The normalized spacial score (nSPS) is 12.7. The van der Waals surface area contributed by atoms with Crippen molar-refractivity contribution < 1.29 is 4.74 Å². The second kappa shape index (κ2) is 7.01. The lowest BCUT2D eigenvalue weighted by atomic mass is 10.0. The fourth-order valence-corrected chi connectivity index (χ4v) is 3.00. The molecule has 1 N–H and O–H groups in total. The fourth-order valence-electron chi connectivity index (χ4n) is 3.00. The summed E-state index contributed by atoms with van der Waals surface area (Å²) in [5.74, 6) is 1.85. The predicted octanol–water partition coefficient (Wildman–Crippen LogP) is 3.87. The number of methoxy groups -OCH3 is 1. The summed E-state index contributed by atoms with van der Waals surface area (Å²) in [6, 6.07) is 12.9. The Morgan fingerprint density at radius 2 is 1.92 bits per heavy atom. The monoisotopic (exact) mass is 324 g/mol. The lowest BCUT2D eigenvalue weighted by Gasteiger charge is -2.18. The Morgan fingerprint density at radius 1 is 1.12 bits per heavy atom. The lowest BCUT2D eigenvalue weighted by molar-refractivity contribution is 0.405. The Kier molecular flexibility index (Phi) is 4.81. The Labute approximate surface area is 142 Å². The molecule has 0 aliphatic carbocycles. The van der Waals surface area contributed by atoms with Crippen LogP contribution in [0.1, 0.15) is 44.2 Å². The minimum atomic E-state index is 0.0959. The largest absolute Gasteiger partial charge is 0.496 e. The van der Waals surface area contributed by atoms with Crippen LogP contribution in [0.5, 0.6) is 5.75 Å². The topological polar surface area (TPSA) is 52.0 Å². The number of rotatable bonds is 6. The molecule has 2 aromatic carbocycles. The van der Waals surface area contributed by atoms with Gasteiger partial charge in [-0.3, -0.25) is 0 Å². The van der Waals surface area contributed by atoms with Gasteiger partial charge in [0.25, 0.3) is 0 Å². The smallest absolute Gasteiger partial charge is 0.149 e. The summed E-state index contributed by atoms with van der Waals surface area (Å²) in [4.78, 5) is 0. The highest BCUT2D eigenvalue weighted by atomic mass is 16.5. The molecule has 0 spiro atoms.